The first kappa shape index (κ1) is 23.1. The van der Waals surface area contributed by atoms with Gasteiger partial charge in [-0.3, -0.25) is 14.5 Å². The summed E-state index contributed by atoms with van der Waals surface area (Å²) in [7, 11) is 0. The van der Waals surface area contributed by atoms with Gasteiger partial charge in [0.15, 0.2) is 0 Å². The first-order chi connectivity index (χ1) is 15.9. The van der Waals surface area contributed by atoms with E-state index < -0.39 is 0 Å². The maximum atomic E-state index is 14.0. The molecule has 6 nitrogen and oxygen atoms in total. The summed E-state index contributed by atoms with van der Waals surface area (Å²) in [6.45, 7) is 5.74. The van der Waals surface area contributed by atoms with E-state index in [1.54, 1.807) is 6.07 Å². The second-order valence-electron chi connectivity index (χ2n) is 8.73. The first-order valence-electron chi connectivity index (χ1n) is 11.6. The molecule has 0 saturated carbocycles. The summed E-state index contributed by atoms with van der Waals surface area (Å²) in [6, 6.07) is 14.1. The van der Waals surface area contributed by atoms with Crippen molar-refractivity contribution in [3.05, 3.63) is 71.0 Å². The van der Waals surface area contributed by atoms with Gasteiger partial charge in [-0.05, 0) is 63.0 Å². The zero-order valence-electron chi connectivity index (χ0n) is 19.2. The van der Waals surface area contributed by atoms with Crippen LogP contribution in [0.5, 0.6) is 0 Å². The number of ether oxygens (including phenoxy) is 1. The number of piperidine rings is 1. The highest BCUT2D eigenvalue weighted by molar-refractivity contribution is 6.03. The fourth-order valence-corrected chi connectivity index (χ4v) is 4.48. The van der Waals surface area contributed by atoms with Crippen molar-refractivity contribution >= 4 is 17.6 Å². The molecule has 1 saturated heterocycles. The maximum absolute atomic E-state index is 14.0. The second kappa shape index (κ2) is 10.3. The Labute approximate surface area is 194 Å². The van der Waals surface area contributed by atoms with Crippen LogP contribution >= 0.6 is 0 Å². The lowest BCUT2D eigenvalue weighted by Gasteiger charge is -2.31. The van der Waals surface area contributed by atoms with E-state index in [4.69, 9.17) is 4.74 Å². The lowest BCUT2D eigenvalue weighted by atomic mass is 9.96. The van der Waals surface area contributed by atoms with Gasteiger partial charge in [-0.1, -0.05) is 42.0 Å². The summed E-state index contributed by atoms with van der Waals surface area (Å²) in [5.74, 6) is -0.707. The van der Waals surface area contributed by atoms with Crippen LogP contribution in [0.1, 0.15) is 48.9 Å². The van der Waals surface area contributed by atoms with E-state index in [0.717, 1.165) is 22.4 Å². The standard InChI is InChI=1S/C26H30FN3O3/c1-3-33-26(32)20-11-13-29(14-12-20)17-25(31)30-24(21-5-4-6-22(27)15-21)16-23(28-30)19-9-7-18(2)8-10-19/h4-10,15,20,24H,3,11-14,16-17H2,1-2H3/t24-/m0/s1. The van der Waals surface area contributed by atoms with E-state index in [0.29, 0.717) is 39.0 Å². The summed E-state index contributed by atoms with van der Waals surface area (Å²) in [5, 5.41) is 6.20. The number of amides is 1. The zero-order valence-corrected chi connectivity index (χ0v) is 19.2. The molecular formula is C26H30FN3O3. The number of likely N-dealkylation sites (tertiary alicyclic amines) is 1. The molecular weight excluding hydrogens is 421 g/mol. The molecule has 1 amide bonds. The van der Waals surface area contributed by atoms with E-state index in [2.05, 4.69) is 10.0 Å². The van der Waals surface area contributed by atoms with Gasteiger partial charge >= 0.3 is 5.97 Å². The lowest BCUT2D eigenvalue weighted by Crippen LogP contribution is -2.43. The molecule has 0 aliphatic carbocycles. The average molecular weight is 452 g/mol. The number of halogens is 1. The monoisotopic (exact) mass is 451 g/mol. The van der Waals surface area contributed by atoms with E-state index in [9.17, 15) is 14.0 Å². The van der Waals surface area contributed by atoms with Crippen molar-refractivity contribution in [1.82, 2.24) is 9.91 Å². The number of hydrazone groups is 1. The van der Waals surface area contributed by atoms with Crippen molar-refractivity contribution in [1.29, 1.82) is 0 Å². The number of esters is 1. The number of carbonyl (C=O) groups is 2. The van der Waals surface area contributed by atoms with Crippen LogP contribution in [0, 0.1) is 18.7 Å². The van der Waals surface area contributed by atoms with E-state index in [-0.39, 0.29) is 36.2 Å². The number of aryl methyl sites for hydroxylation is 1. The minimum absolute atomic E-state index is 0.103. The molecule has 0 N–H and O–H groups in total. The smallest absolute Gasteiger partial charge is 0.309 e. The maximum Gasteiger partial charge on any atom is 0.309 e. The van der Waals surface area contributed by atoms with Crippen molar-refractivity contribution in [3.63, 3.8) is 0 Å². The molecule has 0 radical (unpaired) electrons. The number of hydrogen-bond acceptors (Lipinski definition) is 5. The number of nitrogens with zero attached hydrogens (tertiary/aromatic N) is 3. The lowest BCUT2D eigenvalue weighted by molar-refractivity contribution is -0.149. The van der Waals surface area contributed by atoms with E-state index in [1.165, 1.54) is 17.1 Å². The molecule has 2 aromatic carbocycles. The molecule has 7 heteroatoms. The van der Waals surface area contributed by atoms with Crippen LogP contribution in [0.4, 0.5) is 4.39 Å². The Balaban J connectivity index is 1.49. The second-order valence-corrected chi connectivity index (χ2v) is 8.73. The molecule has 1 atom stereocenters. The largest absolute Gasteiger partial charge is 0.466 e. The third-order valence-corrected chi connectivity index (χ3v) is 6.35. The molecule has 0 bridgehead atoms. The highest BCUT2D eigenvalue weighted by atomic mass is 19.1. The van der Waals surface area contributed by atoms with Crippen LogP contribution in [0.2, 0.25) is 0 Å². The van der Waals surface area contributed by atoms with Gasteiger partial charge < -0.3 is 4.74 Å². The van der Waals surface area contributed by atoms with Crippen LogP contribution < -0.4 is 0 Å². The van der Waals surface area contributed by atoms with Crippen LogP contribution in [-0.2, 0) is 14.3 Å². The van der Waals surface area contributed by atoms with Gasteiger partial charge in [-0.2, -0.15) is 5.10 Å². The van der Waals surface area contributed by atoms with Gasteiger partial charge in [0.1, 0.15) is 5.82 Å². The van der Waals surface area contributed by atoms with Gasteiger partial charge in [0.25, 0.3) is 5.91 Å². The predicted octanol–water partition coefficient (Wildman–Crippen LogP) is 4.09. The summed E-state index contributed by atoms with van der Waals surface area (Å²) in [4.78, 5) is 27.4. The molecule has 0 spiro atoms. The Morgan fingerprint density at radius 2 is 1.85 bits per heavy atom. The molecule has 2 heterocycles. The fourth-order valence-electron chi connectivity index (χ4n) is 4.48. The molecule has 0 unspecified atom stereocenters. The van der Waals surface area contributed by atoms with E-state index >= 15 is 0 Å². The van der Waals surface area contributed by atoms with Gasteiger partial charge in [0.05, 0.1) is 30.8 Å². The van der Waals surface area contributed by atoms with Crippen LogP contribution in [0.3, 0.4) is 0 Å². The van der Waals surface area contributed by atoms with Crippen molar-refractivity contribution in [2.75, 3.05) is 26.2 Å². The molecule has 1 fully saturated rings. The minimum Gasteiger partial charge on any atom is -0.466 e. The highest BCUT2D eigenvalue weighted by Gasteiger charge is 2.35. The Morgan fingerprint density at radius 3 is 2.52 bits per heavy atom. The third kappa shape index (κ3) is 5.47. The number of carbonyl (C=O) groups excluding carboxylic acids is 2. The van der Waals surface area contributed by atoms with Gasteiger partial charge in [-0.15, -0.1) is 0 Å². The molecule has 2 aliphatic rings. The molecule has 2 aromatic rings. The van der Waals surface area contributed by atoms with Crippen LogP contribution in [0.25, 0.3) is 0 Å². The zero-order chi connectivity index (χ0) is 23.4. The van der Waals surface area contributed by atoms with Crippen molar-refractivity contribution in [2.24, 2.45) is 11.0 Å². The Hall–Kier alpha value is -3.06. The summed E-state index contributed by atoms with van der Waals surface area (Å²) in [6.07, 6.45) is 1.89. The minimum atomic E-state index is -0.346. The molecule has 33 heavy (non-hydrogen) atoms. The number of rotatable bonds is 6. The molecule has 4 rings (SSSR count). The fraction of sp³-hybridized carbons (Fsp3) is 0.423. The SMILES string of the molecule is CCOC(=O)C1CCN(CC(=O)N2N=C(c3ccc(C)cc3)C[C@H]2c2cccc(F)c2)CC1. The van der Waals surface area contributed by atoms with Crippen molar-refractivity contribution in [3.8, 4) is 0 Å². The quantitative estimate of drug-likeness (QED) is 0.621. The van der Waals surface area contributed by atoms with Crippen molar-refractivity contribution < 1.29 is 18.7 Å². The summed E-state index contributed by atoms with van der Waals surface area (Å²) in [5.41, 5.74) is 3.67. The third-order valence-electron chi connectivity index (χ3n) is 6.35. The topological polar surface area (TPSA) is 62.2 Å². The highest BCUT2D eigenvalue weighted by Crippen LogP contribution is 2.33. The van der Waals surface area contributed by atoms with E-state index in [1.807, 2.05) is 44.2 Å². The number of benzene rings is 2. The van der Waals surface area contributed by atoms with Crippen molar-refractivity contribution in [2.45, 2.75) is 39.2 Å². The summed E-state index contributed by atoms with van der Waals surface area (Å²) < 4.78 is 19.1. The molecule has 174 valence electrons. The van der Waals surface area contributed by atoms with Gasteiger partial charge in [0.2, 0.25) is 0 Å². The van der Waals surface area contributed by atoms with Crippen LogP contribution in [0.15, 0.2) is 53.6 Å². The Morgan fingerprint density at radius 1 is 1.12 bits per heavy atom. The normalized spacial score (nSPS) is 19.4. The Bertz CT molecular complexity index is 1030. The Kier molecular flexibility index (Phi) is 7.18. The average Bonchev–Trinajstić information content (AvgIpc) is 3.26. The van der Waals surface area contributed by atoms with Gasteiger partial charge in [-0.25, -0.2) is 9.40 Å². The van der Waals surface area contributed by atoms with Crippen LogP contribution in [-0.4, -0.2) is 53.7 Å². The van der Waals surface area contributed by atoms with Gasteiger partial charge in [0, 0.05) is 6.42 Å². The predicted molar refractivity (Wildman–Crippen MR) is 124 cm³/mol. The molecule has 2 aliphatic heterocycles. The molecule has 0 aromatic heterocycles. The number of hydrogen-bond donors (Lipinski definition) is 0. The first-order valence-corrected chi connectivity index (χ1v) is 11.6. The summed E-state index contributed by atoms with van der Waals surface area (Å²) >= 11 is 0.